The number of nitrogen functional groups attached to an aromatic ring is 1. The van der Waals surface area contributed by atoms with Crippen LogP contribution in [0.25, 0.3) is 27.5 Å². The van der Waals surface area contributed by atoms with E-state index in [0.717, 1.165) is 34.6 Å². The van der Waals surface area contributed by atoms with Crippen LogP contribution in [-0.2, 0) is 0 Å². The zero-order chi connectivity index (χ0) is 24.6. The normalized spacial score (nSPS) is 11.1. The van der Waals surface area contributed by atoms with E-state index in [2.05, 4.69) is 19.3 Å². The van der Waals surface area contributed by atoms with Gasteiger partial charge in [-0.3, -0.25) is 19.1 Å². The number of alkyl halides is 2. The van der Waals surface area contributed by atoms with Gasteiger partial charge in [-0.1, -0.05) is 0 Å². The number of halogens is 3. The summed E-state index contributed by atoms with van der Waals surface area (Å²) in [4.78, 5) is 36.3. The van der Waals surface area contributed by atoms with E-state index in [1.54, 1.807) is 0 Å². The second kappa shape index (κ2) is 8.90. The van der Waals surface area contributed by atoms with Gasteiger partial charge in [0.1, 0.15) is 22.3 Å². The first-order valence-electron chi connectivity index (χ1n) is 9.34. The van der Waals surface area contributed by atoms with Gasteiger partial charge in [-0.2, -0.15) is 9.36 Å². The molecule has 4 N–H and O–H groups in total. The van der Waals surface area contributed by atoms with Gasteiger partial charge in [0, 0.05) is 23.5 Å². The molecule has 0 aliphatic heterocycles. The van der Waals surface area contributed by atoms with E-state index in [9.17, 15) is 22.8 Å². The Morgan fingerprint density at radius 2 is 1.94 bits per heavy atom. The molecule has 0 saturated carbocycles. The highest BCUT2D eigenvalue weighted by Crippen LogP contribution is 2.35. The summed E-state index contributed by atoms with van der Waals surface area (Å²) >= 11 is 0.817. The number of rotatable bonds is 6. The van der Waals surface area contributed by atoms with Crippen molar-refractivity contribution in [2.45, 2.75) is 6.43 Å². The SMILES string of the molecule is COc1cnc(C(F)F)cc1-c1cc(-n2ccc(-c3nc(N)ns3)c(F)c2=O)ncc1C(N)=O. The molecule has 4 aromatic heterocycles. The molecule has 14 heteroatoms. The van der Waals surface area contributed by atoms with Crippen molar-refractivity contribution in [2.75, 3.05) is 12.8 Å². The molecule has 34 heavy (non-hydrogen) atoms. The number of carbonyl (C=O) groups is 1. The number of amides is 1. The van der Waals surface area contributed by atoms with Gasteiger partial charge in [-0.15, -0.1) is 0 Å². The number of hydrogen-bond acceptors (Lipinski definition) is 9. The van der Waals surface area contributed by atoms with Crippen molar-refractivity contribution in [2.24, 2.45) is 5.73 Å². The first-order valence-corrected chi connectivity index (χ1v) is 10.1. The standard InChI is InChI=1S/C20H14F3N7O3S/c1-33-13-7-26-12(16(22)23)4-10(13)9-5-14(27-6-11(9)17(24)31)30-3-2-8(15(21)19(30)32)18-28-20(25)29-34-18/h2-7,16H,1H3,(H2,24,31)(H2,25,29). The summed E-state index contributed by atoms with van der Waals surface area (Å²) < 4.78 is 51.2. The van der Waals surface area contributed by atoms with E-state index in [-0.39, 0.29) is 44.8 Å². The third kappa shape index (κ3) is 4.05. The number of pyridine rings is 3. The molecule has 0 spiro atoms. The van der Waals surface area contributed by atoms with Crippen LogP contribution in [-0.4, -0.2) is 36.9 Å². The number of aromatic nitrogens is 5. The fourth-order valence-electron chi connectivity index (χ4n) is 3.15. The van der Waals surface area contributed by atoms with Gasteiger partial charge in [0.2, 0.25) is 5.95 Å². The Hall–Kier alpha value is -4.33. The first kappa shape index (κ1) is 22.8. The van der Waals surface area contributed by atoms with Crippen molar-refractivity contribution in [3.63, 3.8) is 0 Å². The zero-order valence-electron chi connectivity index (χ0n) is 17.2. The van der Waals surface area contributed by atoms with Crippen LogP contribution in [0.15, 0.2) is 41.6 Å². The van der Waals surface area contributed by atoms with Crippen LogP contribution < -0.4 is 21.8 Å². The molecule has 0 aliphatic carbocycles. The molecule has 0 unspecified atom stereocenters. The lowest BCUT2D eigenvalue weighted by Crippen LogP contribution is -2.23. The summed E-state index contributed by atoms with van der Waals surface area (Å²) in [5.74, 6) is -2.15. The fourth-order valence-corrected chi connectivity index (χ4v) is 3.76. The lowest BCUT2D eigenvalue weighted by atomic mass is 10.00. The van der Waals surface area contributed by atoms with E-state index in [1.165, 1.54) is 25.4 Å². The number of ether oxygens (including phenoxy) is 1. The summed E-state index contributed by atoms with van der Waals surface area (Å²) in [5, 5.41) is 0.109. The number of hydrogen-bond donors (Lipinski definition) is 2. The minimum atomic E-state index is -2.90. The van der Waals surface area contributed by atoms with E-state index < -0.39 is 29.4 Å². The Balaban J connectivity index is 1.91. The molecule has 0 aliphatic rings. The zero-order valence-corrected chi connectivity index (χ0v) is 18.0. The lowest BCUT2D eigenvalue weighted by Gasteiger charge is -2.14. The quantitative estimate of drug-likeness (QED) is 0.419. The fraction of sp³-hybridized carbons (Fsp3) is 0.100. The molecule has 4 heterocycles. The molecular weight excluding hydrogens is 475 g/mol. The Kier molecular flexibility index (Phi) is 5.98. The third-order valence-corrected chi connectivity index (χ3v) is 5.49. The van der Waals surface area contributed by atoms with Crippen molar-refractivity contribution < 1.29 is 22.7 Å². The number of carbonyl (C=O) groups excluding carboxylic acids is 1. The van der Waals surface area contributed by atoms with Crippen LogP contribution in [0.5, 0.6) is 5.75 Å². The summed E-state index contributed by atoms with van der Waals surface area (Å²) in [6.45, 7) is 0. The van der Waals surface area contributed by atoms with Crippen molar-refractivity contribution >= 4 is 23.4 Å². The van der Waals surface area contributed by atoms with E-state index in [1.807, 2.05) is 0 Å². The van der Waals surface area contributed by atoms with Gasteiger partial charge < -0.3 is 16.2 Å². The van der Waals surface area contributed by atoms with Crippen molar-refractivity contribution in [1.82, 2.24) is 23.9 Å². The monoisotopic (exact) mass is 489 g/mol. The maximum atomic E-state index is 14.9. The predicted molar refractivity (Wildman–Crippen MR) is 116 cm³/mol. The number of primary amides is 1. The molecule has 4 aromatic rings. The van der Waals surface area contributed by atoms with Crippen LogP contribution in [0, 0.1) is 5.82 Å². The predicted octanol–water partition coefficient (Wildman–Crippen LogP) is 2.58. The van der Waals surface area contributed by atoms with Crippen LogP contribution in [0.1, 0.15) is 22.5 Å². The van der Waals surface area contributed by atoms with E-state index >= 15 is 0 Å². The van der Waals surface area contributed by atoms with E-state index in [4.69, 9.17) is 16.2 Å². The maximum Gasteiger partial charge on any atom is 0.293 e. The molecule has 0 saturated heterocycles. The molecule has 0 radical (unpaired) electrons. The molecular formula is C20H14F3N7O3S. The number of nitrogens with zero attached hydrogens (tertiary/aromatic N) is 5. The molecule has 0 bridgehead atoms. The lowest BCUT2D eigenvalue weighted by molar-refractivity contribution is 0.100. The van der Waals surface area contributed by atoms with Crippen LogP contribution in [0.4, 0.5) is 19.1 Å². The minimum absolute atomic E-state index is 0.0342. The average Bonchev–Trinajstić information content (AvgIpc) is 3.25. The summed E-state index contributed by atoms with van der Waals surface area (Å²) in [6.07, 6.45) is 0.457. The number of methoxy groups -OCH3 is 1. The smallest absolute Gasteiger partial charge is 0.293 e. The topological polar surface area (TPSA) is 152 Å². The minimum Gasteiger partial charge on any atom is -0.494 e. The van der Waals surface area contributed by atoms with Crippen LogP contribution in [0.3, 0.4) is 0 Å². The summed E-state index contributed by atoms with van der Waals surface area (Å²) in [6, 6.07) is 3.54. The van der Waals surface area contributed by atoms with Gasteiger partial charge >= 0.3 is 0 Å². The molecule has 0 aromatic carbocycles. The molecule has 0 atom stereocenters. The average molecular weight is 489 g/mol. The maximum absolute atomic E-state index is 14.9. The van der Waals surface area contributed by atoms with Crippen molar-refractivity contribution in [3.05, 3.63) is 64.2 Å². The Bertz CT molecular complexity index is 1470. The Morgan fingerprint density at radius 3 is 2.56 bits per heavy atom. The van der Waals surface area contributed by atoms with E-state index in [0.29, 0.717) is 0 Å². The van der Waals surface area contributed by atoms with Gasteiger partial charge in [-0.05, 0) is 29.7 Å². The van der Waals surface area contributed by atoms with Gasteiger partial charge in [0.05, 0.1) is 24.4 Å². The van der Waals surface area contributed by atoms with Gasteiger partial charge in [0.25, 0.3) is 17.9 Å². The molecule has 4 rings (SSSR count). The van der Waals surface area contributed by atoms with Gasteiger partial charge in [-0.25, -0.2) is 18.2 Å². The third-order valence-electron chi connectivity index (χ3n) is 4.73. The van der Waals surface area contributed by atoms with Crippen molar-refractivity contribution in [3.8, 4) is 33.3 Å². The second-order valence-corrected chi connectivity index (χ2v) is 7.49. The van der Waals surface area contributed by atoms with Crippen LogP contribution >= 0.6 is 11.5 Å². The highest BCUT2D eigenvalue weighted by atomic mass is 32.1. The molecule has 0 fully saturated rings. The Labute approximate surface area is 192 Å². The largest absolute Gasteiger partial charge is 0.494 e. The molecule has 10 nitrogen and oxygen atoms in total. The summed E-state index contributed by atoms with van der Waals surface area (Å²) in [5.41, 5.74) is 9.09. The second-order valence-electron chi connectivity index (χ2n) is 6.74. The molecule has 174 valence electrons. The Morgan fingerprint density at radius 1 is 1.18 bits per heavy atom. The highest BCUT2D eigenvalue weighted by molar-refractivity contribution is 7.09. The van der Waals surface area contributed by atoms with Crippen LogP contribution in [0.2, 0.25) is 0 Å². The number of nitrogens with two attached hydrogens (primary N) is 2. The summed E-state index contributed by atoms with van der Waals surface area (Å²) in [7, 11) is 1.29. The number of anilines is 1. The first-order chi connectivity index (χ1) is 16.2. The van der Waals surface area contributed by atoms with Crippen molar-refractivity contribution in [1.29, 1.82) is 0 Å². The van der Waals surface area contributed by atoms with Gasteiger partial charge in [0.15, 0.2) is 5.82 Å². The highest BCUT2D eigenvalue weighted by Gasteiger charge is 2.21. The molecule has 1 amide bonds.